The second kappa shape index (κ2) is 11.1. The highest BCUT2D eigenvalue weighted by molar-refractivity contribution is 7.54. The average molecular weight is 466 g/mol. The first-order valence-corrected chi connectivity index (χ1v) is 14.3. The van der Waals surface area contributed by atoms with Crippen molar-refractivity contribution in [2.45, 2.75) is 98.1 Å². The maximum atomic E-state index is 14.5. The summed E-state index contributed by atoms with van der Waals surface area (Å²) in [5.41, 5.74) is 0.353. The lowest BCUT2D eigenvalue weighted by Crippen LogP contribution is -2.37. The van der Waals surface area contributed by atoms with E-state index in [9.17, 15) is 9.67 Å². The summed E-state index contributed by atoms with van der Waals surface area (Å²) in [6.07, 6.45) is 7.37. The molecule has 0 spiro atoms. The lowest BCUT2D eigenvalue weighted by Gasteiger charge is -2.42. The van der Waals surface area contributed by atoms with Crippen LogP contribution < -0.4 is 0 Å². The van der Waals surface area contributed by atoms with Crippen LogP contribution in [0, 0.1) is 35.5 Å². The molecular formula is C26H44NO4P. The minimum Gasteiger partial charge on any atom is -0.375 e. The van der Waals surface area contributed by atoms with Crippen molar-refractivity contribution in [1.29, 1.82) is 0 Å². The monoisotopic (exact) mass is 465 g/mol. The molecular weight excluding hydrogens is 421 g/mol. The van der Waals surface area contributed by atoms with Crippen LogP contribution in [-0.4, -0.2) is 22.3 Å². The fraction of sp³-hybridized carbons (Fsp3) is 0.808. The predicted octanol–water partition coefficient (Wildman–Crippen LogP) is 7.22. The van der Waals surface area contributed by atoms with Crippen LogP contribution >= 0.6 is 7.60 Å². The van der Waals surface area contributed by atoms with Gasteiger partial charge < -0.3 is 14.2 Å². The topological polar surface area (TPSA) is 68.7 Å². The standard InChI is InChI=1S/C26H44NO4P/c1-17(2)21-12-10-19(5)15-24(21)30-32(29,26(28)23-9-7-8-14-27-23)31-25-16-20(6)11-13-22(25)18(3)4/h7-9,14,17-22,24-26,28H,10-13,15-16H2,1-6H3. The highest BCUT2D eigenvalue weighted by Gasteiger charge is 2.46. The molecule has 0 aromatic carbocycles. The van der Waals surface area contributed by atoms with Crippen LogP contribution in [0.3, 0.4) is 0 Å². The molecule has 6 heteroatoms. The molecule has 1 aromatic rings. The fourth-order valence-electron chi connectivity index (χ4n) is 5.68. The minimum absolute atomic E-state index is 0.179. The van der Waals surface area contributed by atoms with Gasteiger partial charge in [0, 0.05) is 6.20 Å². The number of hydrogen-bond acceptors (Lipinski definition) is 5. The van der Waals surface area contributed by atoms with Crippen molar-refractivity contribution in [3.8, 4) is 0 Å². The summed E-state index contributed by atoms with van der Waals surface area (Å²) in [6, 6.07) is 5.30. The molecule has 0 radical (unpaired) electrons. The molecule has 1 aromatic heterocycles. The summed E-state index contributed by atoms with van der Waals surface area (Å²) >= 11 is 0. The molecule has 7 unspecified atom stereocenters. The van der Waals surface area contributed by atoms with Gasteiger partial charge in [0.1, 0.15) is 0 Å². The van der Waals surface area contributed by atoms with Crippen molar-refractivity contribution in [2.75, 3.05) is 0 Å². The van der Waals surface area contributed by atoms with Crippen molar-refractivity contribution < 1.29 is 18.7 Å². The Morgan fingerprint density at radius 3 is 1.81 bits per heavy atom. The number of aliphatic hydroxyl groups is 1. The molecule has 2 aliphatic carbocycles. The molecule has 0 saturated heterocycles. The minimum atomic E-state index is -3.88. The zero-order valence-electron chi connectivity index (χ0n) is 20.8. The number of aliphatic hydroxyl groups excluding tert-OH is 1. The van der Waals surface area contributed by atoms with E-state index in [4.69, 9.17) is 9.05 Å². The third-order valence-electron chi connectivity index (χ3n) is 7.74. The van der Waals surface area contributed by atoms with Crippen molar-refractivity contribution in [2.24, 2.45) is 35.5 Å². The number of nitrogens with zero attached hydrogens (tertiary/aromatic N) is 1. The second-order valence-corrected chi connectivity index (χ2v) is 13.1. The van der Waals surface area contributed by atoms with Crippen LogP contribution in [0.2, 0.25) is 0 Å². The highest BCUT2D eigenvalue weighted by atomic mass is 31.2. The maximum absolute atomic E-state index is 14.5. The third kappa shape index (κ3) is 6.23. The van der Waals surface area contributed by atoms with Gasteiger partial charge in [-0.15, -0.1) is 0 Å². The average Bonchev–Trinajstić information content (AvgIpc) is 2.73. The fourth-order valence-corrected chi connectivity index (χ4v) is 7.68. The van der Waals surface area contributed by atoms with Crippen molar-refractivity contribution in [3.63, 3.8) is 0 Å². The molecule has 32 heavy (non-hydrogen) atoms. The molecule has 1 N–H and O–H groups in total. The maximum Gasteiger partial charge on any atom is 0.365 e. The number of hydrogen-bond donors (Lipinski definition) is 1. The van der Waals surface area contributed by atoms with Gasteiger partial charge in [0.25, 0.3) is 0 Å². The molecule has 0 bridgehead atoms. The van der Waals surface area contributed by atoms with Crippen LogP contribution in [0.4, 0.5) is 0 Å². The van der Waals surface area contributed by atoms with Gasteiger partial charge >= 0.3 is 7.60 Å². The number of aromatic nitrogens is 1. The Kier molecular flexibility index (Phi) is 8.99. The molecule has 2 fully saturated rings. The smallest absolute Gasteiger partial charge is 0.365 e. The van der Waals surface area contributed by atoms with Crippen molar-refractivity contribution in [3.05, 3.63) is 30.1 Å². The third-order valence-corrected chi connectivity index (χ3v) is 9.73. The zero-order chi connectivity index (χ0) is 23.5. The Balaban J connectivity index is 1.92. The number of rotatable bonds is 8. The summed E-state index contributed by atoms with van der Waals surface area (Å²) in [6.45, 7) is 13.3. The summed E-state index contributed by atoms with van der Waals surface area (Å²) in [7, 11) is -3.88. The van der Waals surface area contributed by atoms with Crippen LogP contribution in [0.5, 0.6) is 0 Å². The molecule has 2 saturated carbocycles. The highest BCUT2D eigenvalue weighted by Crippen LogP contribution is 2.64. The Labute approximate surface area is 195 Å². The SMILES string of the molecule is CC1CCC(C(C)C)C(OP(=O)(OC2CC(C)CCC2C(C)C)C(O)c2ccccn2)C1. The summed E-state index contributed by atoms with van der Waals surface area (Å²) < 4.78 is 27.4. The van der Waals surface area contributed by atoms with Crippen LogP contribution in [0.15, 0.2) is 24.4 Å². The van der Waals surface area contributed by atoms with Gasteiger partial charge in [-0.05, 0) is 73.3 Å². The molecule has 7 atom stereocenters. The predicted molar refractivity (Wildman–Crippen MR) is 129 cm³/mol. The normalized spacial score (nSPS) is 34.4. The van der Waals surface area contributed by atoms with E-state index in [0.29, 0.717) is 41.2 Å². The van der Waals surface area contributed by atoms with Gasteiger partial charge in [-0.25, -0.2) is 0 Å². The Hall–Kier alpha value is -0.740. The van der Waals surface area contributed by atoms with Gasteiger partial charge in [-0.3, -0.25) is 9.55 Å². The molecule has 2 aliphatic rings. The lowest BCUT2D eigenvalue weighted by atomic mass is 9.75. The van der Waals surface area contributed by atoms with Gasteiger partial charge in [0.2, 0.25) is 0 Å². The zero-order valence-corrected chi connectivity index (χ0v) is 21.7. The van der Waals surface area contributed by atoms with E-state index in [1.165, 1.54) is 0 Å². The first-order chi connectivity index (χ1) is 15.1. The van der Waals surface area contributed by atoms with Crippen molar-refractivity contribution in [1.82, 2.24) is 4.98 Å². The second-order valence-electron chi connectivity index (χ2n) is 11.1. The molecule has 182 valence electrons. The molecule has 0 aliphatic heterocycles. The van der Waals surface area contributed by atoms with E-state index >= 15 is 0 Å². The quantitative estimate of drug-likeness (QED) is 0.410. The summed E-state index contributed by atoms with van der Waals surface area (Å²) in [5, 5.41) is 11.3. The van der Waals surface area contributed by atoms with Crippen molar-refractivity contribution >= 4 is 7.60 Å². The lowest BCUT2D eigenvalue weighted by molar-refractivity contribution is -0.0156. The van der Waals surface area contributed by atoms with Crippen LogP contribution in [0.1, 0.15) is 91.6 Å². The van der Waals surface area contributed by atoms with E-state index in [2.05, 4.69) is 46.5 Å². The van der Waals surface area contributed by atoms with E-state index < -0.39 is 13.4 Å². The number of pyridine rings is 1. The van der Waals surface area contributed by atoms with Gasteiger partial charge in [-0.2, -0.15) is 0 Å². The largest absolute Gasteiger partial charge is 0.375 e. The first kappa shape index (κ1) is 25.9. The van der Waals surface area contributed by atoms with Crippen LogP contribution in [-0.2, 0) is 13.6 Å². The molecule has 5 nitrogen and oxygen atoms in total. The molecule has 0 amide bonds. The molecule has 3 rings (SSSR count). The Morgan fingerprint density at radius 2 is 1.41 bits per heavy atom. The van der Waals surface area contributed by atoms with Crippen LogP contribution in [0.25, 0.3) is 0 Å². The van der Waals surface area contributed by atoms with E-state index in [0.717, 1.165) is 38.5 Å². The van der Waals surface area contributed by atoms with Gasteiger partial charge in [-0.1, -0.05) is 60.5 Å². The van der Waals surface area contributed by atoms with E-state index in [1.807, 2.05) is 0 Å². The van der Waals surface area contributed by atoms with E-state index in [-0.39, 0.29) is 12.2 Å². The summed E-state index contributed by atoms with van der Waals surface area (Å²) in [4.78, 5) is 4.29. The Morgan fingerprint density at radius 1 is 0.906 bits per heavy atom. The van der Waals surface area contributed by atoms with Gasteiger partial charge in [0.05, 0.1) is 17.9 Å². The molecule has 1 heterocycles. The first-order valence-electron chi connectivity index (χ1n) is 12.7. The summed E-state index contributed by atoms with van der Waals surface area (Å²) in [5.74, 6) is 1.11. The van der Waals surface area contributed by atoms with E-state index in [1.54, 1.807) is 24.4 Å². The van der Waals surface area contributed by atoms with Gasteiger partial charge in [0.15, 0.2) is 5.85 Å². The Bertz CT molecular complexity index is 717.